The first-order valence-electron chi connectivity index (χ1n) is 9.31. The van der Waals surface area contributed by atoms with Gasteiger partial charge in [-0.1, -0.05) is 12.1 Å². The Hall–Kier alpha value is -2.58. The van der Waals surface area contributed by atoms with E-state index in [0.717, 1.165) is 31.5 Å². The molecule has 1 aromatic carbocycles. The van der Waals surface area contributed by atoms with E-state index in [0.29, 0.717) is 17.0 Å². The van der Waals surface area contributed by atoms with Crippen LogP contribution in [0.3, 0.4) is 0 Å². The third-order valence-corrected chi connectivity index (χ3v) is 5.09. The number of halogens is 3. The van der Waals surface area contributed by atoms with E-state index < -0.39 is 24.0 Å². The van der Waals surface area contributed by atoms with Gasteiger partial charge in [0.25, 0.3) is 0 Å². The summed E-state index contributed by atoms with van der Waals surface area (Å²) < 4.78 is 38.0. The Morgan fingerprint density at radius 3 is 2.25 bits per heavy atom. The van der Waals surface area contributed by atoms with E-state index in [1.54, 1.807) is 24.3 Å². The standard InChI is InChI=1S/C19H22F3N3O3/c20-19(21,22)18(28)25-11-3-4-15(25)17(27)23-14-7-5-13(6-8-14)12-16(26)24-9-1-2-10-24/h5-8,15H,1-4,9-12H2,(H,23,27). The summed E-state index contributed by atoms with van der Waals surface area (Å²) in [5.41, 5.74) is 1.21. The predicted molar refractivity (Wildman–Crippen MR) is 95.4 cm³/mol. The second kappa shape index (κ2) is 8.20. The molecular weight excluding hydrogens is 375 g/mol. The monoisotopic (exact) mass is 397 g/mol. The van der Waals surface area contributed by atoms with E-state index in [1.807, 2.05) is 4.90 Å². The van der Waals surface area contributed by atoms with Crippen molar-refractivity contribution < 1.29 is 27.6 Å². The maximum atomic E-state index is 12.7. The Bertz CT molecular complexity index is 743. The molecular formula is C19H22F3N3O3. The summed E-state index contributed by atoms with van der Waals surface area (Å²) in [6.45, 7) is 1.47. The second-order valence-corrected chi connectivity index (χ2v) is 7.11. The van der Waals surface area contributed by atoms with Crippen LogP contribution < -0.4 is 5.32 Å². The molecule has 3 amide bonds. The van der Waals surface area contributed by atoms with Gasteiger partial charge in [0.2, 0.25) is 11.8 Å². The van der Waals surface area contributed by atoms with Crippen molar-refractivity contribution in [1.29, 1.82) is 0 Å². The van der Waals surface area contributed by atoms with Crippen molar-refractivity contribution in [2.75, 3.05) is 25.0 Å². The highest BCUT2D eigenvalue weighted by molar-refractivity contribution is 5.98. The molecule has 0 radical (unpaired) electrons. The number of nitrogens with zero attached hydrogens (tertiary/aromatic N) is 2. The van der Waals surface area contributed by atoms with Crippen molar-refractivity contribution in [3.63, 3.8) is 0 Å². The lowest BCUT2D eigenvalue weighted by molar-refractivity contribution is -0.186. The third kappa shape index (κ3) is 4.63. The number of anilines is 1. The van der Waals surface area contributed by atoms with Gasteiger partial charge in [-0.3, -0.25) is 14.4 Å². The minimum Gasteiger partial charge on any atom is -0.342 e. The third-order valence-electron chi connectivity index (χ3n) is 5.09. The van der Waals surface area contributed by atoms with E-state index in [2.05, 4.69) is 5.32 Å². The lowest BCUT2D eigenvalue weighted by Gasteiger charge is -2.24. The van der Waals surface area contributed by atoms with Crippen molar-refractivity contribution in [3.05, 3.63) is 29.8 Å². The van der Waals surface area contributed by atoms with E-state index in [1.165, 1.54) is 0 Å². The molecule has 2 fully saturated rings. The molecule has 6 nitrogen and oxygen atoms in total. The summed E-state index contributed by atoms with van der Waals surface area (Å²) in [5, 5.41) is 2.56. The Kier molecular flexibility index (Phi) is 5.90. The molecule has 1 aromatic rings. The van der Waals surface area contributed by atoms with Gasteiger partial charge in [0, 0.05) is 25.3 Å². The minimum atomic E-state index is -4.99. The fraction of sp³-hybridized carbons (Fsp3) is 0.526. The molecule has 1 atom stereocenters. The molecule has 2 heterocycles. The van der Waals surface area contributed by atoms with E-state index in [9.17, 15) is 27.6 Å². The van der Waals surface area contributed by atoms with Crippen LogP contribution in [-0.2, 0) is 20.8 Å². The molecule has 1 N–H and O–H groups in total. The second-order valence-electron chi connectivity index (χ2n) is 7.11. The number of carbonyl (C=O) groups excluding carboxylic acids is 3. The number of hydrogen-bond acceptors (Lipinski definition) is 3. The average Bonchev–Trinajstić information content (AvgIpc) is 3.33. The summed E-state index contributed by atoms with van der Waals surface area (Å²) in [4.78, 5) is 38.4. The van der Waals surface area contributed by atoms with Gasteiger partial charge < -0.3 is 15.1 Å². The maximum absolute atomic E-state index is 12.7. The van der Waals surface area contributed by atoms with Crippen molar-refractivity contribution in [1.82, 2.24) is 9.80 Å². The van der Waals surface area contributed by atoms with E-state index in [4.69, 9.17) is 0 Å². The SMILES string of the molecule is O=C(Nc1ccc(CC(=O)N2CCCC2)cc1)C1CCCN1C(=O)C(F)(F)F. The Morgan fingerprint density at radius 1 is 1.00 bits per heavy atom. The molecule has 0 spiro atoms. The Labute approximate surface area is 160 Å². The number of likely N-dealkylation sites (tertiary alicyclic amines) is 2. The zero-order chi connectivity index (χ0) is 20.3. The van der Waals surface area contributed by atoms with Crippen LogP contribution in [0.5, 0.6) is 0 Å². The molecule has 2 aliphatic rings. The van der Waals surface area contributed by atoms with Crippen molar-refractivity contribution in [2.24, 2.45) is 0 Å². The number of benzene rings is 1. The number of hydrogen-bond donors (Lipinski definition) is 1. The lowest BCUT2D eigenvalue weighted by atomic mass is 10.1. The van der Waals surface area contributed by atoms with Crippen LogP contribution in [0.2, 0.25) is 0 Å². The molecule has 0 bridgehead atoms. The van der Waals surface area contributed by atoms with Crippen LogP contribution in [0.4, 0.5) is 18.9 Å². The van der Waals surface area contributed by atoms with Gasteiger partial charge in [0.1, 0.15) is 6.04 Å². The van der Waals surface area contributed by atoms with Crippen molar-refractivity contribution in [2.45, 2.75) is 44.3 Å². The van der Waals surface area contributed by atoms with Crippen LogP contribution in [0, 0.1) is 0 Å². The molecule has 3 rings (SSSR count). The molecule has 2 saturated heterocycles. The normalized spacial score (nSPS) is 19.8. The first-order valence-corrected chi connectivity index (χ1v) is 9.31. The molecule has 0 saturated carbocycles. The van der Waals surface area contributed by atoms with Crippen molar-refractivity contribution in [3.8, 4) is 0 Å². The van der Waals surface area contributed by atoms with Gasteiger partial charge in [-0.2, -0.15) is 13.2 Å². The van der Waals surface area contributed by atoms with Gasteiger partial charge in [0.15, 0.2) is 0 Å². The minimum absolute atomic E-state index is 0.0570. The molecule has 1 unspecified atom stereocenters. The molecule has 0 aromatic heterocycles. The average molecular weight is 397 g/mol. The number of amides is 3. The first-order chi connectivity index (χ1) is 13.3. The quantitative estimate of drug-likeness (QED) is 0.848. The Morgan fingerprint density at radius 2 is 1.64 bits per heavy atom. The smallest absolute Gasteiger partial charge is 0.342 e. The van der Waals surface area contributed by atoms with Crippen LogP contribution in [0.25, 0.3) is 0 Å². The number of nitrogens with one attached hydrogen (secondary N) is 1. The highest BCUT2D eigenvalue weighted by Gasteiger charge is 2.47. The van der Waals surface area contributed by atoms with Gasteiger partial charge in [-0.15, -0.1) is 0 Å². The number of carbonyl (C=O) groups is 3. The summed E-state index contributed by atoms with van der Waals surface area (Å²) in [6, 6.07) is 5.49. The van der Waals surface area contributed by atoms with E-state index in [-0.39, 0.29) is 25.3 Å². The summed E-state index contributed by atoms with van der Waals surface area (Å²) in [5.74, 6) is -2.57. The zero-order valence-corrected chi connectivity index (χ0v) is 15.3. The first kappa shape index (κ1) is 20.2. The summed E-state index contributed by atoms with van der Waals surface area (Å²) >= 11 is 0. The summed E-state index contributed by atoms with van der Waals surface area (Å²) in [6.07, 6.45) is -2.15. The van der Waals surface area contributed by atoms with Gasteiger partial charge in [0.05, 0.1) is 6.42 Å². The van der Waals surface area contributed by atoms with Gasteiger partial charge in [-0.05, 0) is 43.4 Å². The van der Waals surface area contributed by atoms with Crippen LogP contribution in [0.15, 0.2) is 24.3 Å². The van der Waals surface area contributed by atoms with Gasteiger partial charge >= 0.3 is 12.1 Å². The highest BCUT2D eigenvalue weighted by atomic mass is 19.4. The summed E-state index contributed by atoms with van der Waals surface area (Å²) in [7, 11) is 0. The molecule has 152 valence electrons. The number of alkyl halides is 3. The molecule has 2 aliphatic heterocycles. The van der Waals surface area contributed by atoms with Crippen LogP contribution in [0.1, 0.15) is 31.2 Å². The maximum Gasteiger partial charge on any atom is 0.471 e. The molecule has 9 heteroatoms. The van der Waals surface area contributed by atoms with Crippen molar-refractivity contribution >= 4 is 23.4 Å². The predicted octanol–water partition coefficient (Wildman–Crippen LogP) is 2.34. The number of rotatable bonds is 4. The fourth-order valence-electron chi connectivity index (χ4n) is 3.63. The molecule has 0 aliphatic carbocycles. The molecule has 28 heavy (non-hydrogen) atoms. The fourth-order valence-corrected chi connectivity index (χ4v) is 3.63. The topological polar surface area (TPSA) is 69.7 Å². The largest absolute Gasteiger partial charge is 0.471 e. The van der Waals surface area contributed by atoms with Crippen LogP contribution >= 0.6 is 0 Å². The highest BCUT2D eigenvalue weighted by Crippen LogP contribution is 2.26. The Balaban J connectivity index is 1.58. The lowest BCUT2D eigenvalue weighted by Crippen LogP contribution is -2.48. The zero-order valence-electron chi connectivity index (χ0n) is 15.3. The van der Waals surface area contributed by atoms with Crippen LogP contribution in [-0.4, -0.2) is 59.4 Å². The van der Waals surface area contributed by atoms with Gasteiger partial charge in [-0.25, -0.2) is 0 Å². The van der Waals surface area contributed by atoms with E-state index >= 15 is 0 Å².